The fourth-order valence-corrected chi connectivity index (χ4v) is 1.58. The fourth-order valence-electron chi connectivity index (χ4n) is 1.58. The number of methoxy groups -OCH3 is 1. The van der Waals surface area contributed by atoms with Crippen LogP contribution in [0.1, 0.15) is 37.8 Å². The number of carbonyl (C=O) groups is 1. The summed E-state index contributed by atoms with van der Waals surface area (Å²) in [4.78, 5) is 11.0. The van der Waals surface area contributed by atoms with Crippen LogP contribution in [0.2, 0.25) is 0 Å². The molecule has 1 rings (SSSR count). The Hall–Kier alpha value is -1.58. The summed E-state index contributed by atoms with van der Waals surface area (Å²) in [5.41, 5.74) is -0.566. The molecule has 0 fully saturated rings. The molecule has 0 saturated heterocycles. The van der Waals surface area contributed by atoms with Crippen molar-refractivity contribution in [3.8, 4) is 5.75 Å². The number of carboxylic acids is 1. The summed E-state index contributed by atoms with van der Waals surface area (Å²) >= 11 is 0. The molecule has 0 aliphatic rings. The molecule has 0 spiro atoms. The van der Waals surface area contributed by atoms with Crippen molar-refractivity contribution in [1.82, 2.24) is 0 Å². The number of alkyl halides is 1. The Morgan fingerprint density at radius 1 is 1.47 bits per heavy atom. The zero-order valence-electron chi connectivity index (χ0n) is 10.5. The number of hydrogen-bond donors (Lipinski definition) is 1. The molecule has 0 amide bonds. The van der Waals surface area contributed by atoms with E-state index in [4.69, 9.17) is 9.84 Å². The summed E-state index contributed by atoms with van der Waals surface area (Å²) in [5.74, 6) is -1.22. The molecule has 17 heavy (non-hydrogen) atoms. The van der Waals surface area contributed by atoms with Crippen LogP contribution in [-0.2, 0) is 10.5 Å². The summed E-state index contributed by atoms with van der Waals surface area (Å²) in [6.45, 7) is 4.42. The lowest BCUT2D eigenvalue weighted by atomic mass is 9.92. The molecule has 1 aromatic carbocycles. The molecule has 0 aliphatic carbocycles. The molecule has 94 valence electrons. The molecule has 1 atom stereocenters. The lowest BCUT2D eigenvalue weighted by Crippen LogP contribution is -2.13. The SMILES string of the molecule is COc1ccc(C(C)(C)F)cc1C(C)C(=O)O. The number of hydrogen-bond acceptors (Lipinski definition) is 2. The number of halogens is 1. The maximum Gasteiger partial charge on any atom is 0.310 e. The molecular weight excluding hydrogens is 223 g/mol. The van der Waals surface area contributed by atoms with Crippen molar-refractivity contribution in [2.24, 2.45) is 0 Å². The van der Waals surface area contributed by atoms with Gasteiger partial charge in [0, 0.05) is 5.56 Å². The maximum atomic E-state index is 13.8. The van der Waals surface area contributed by atoms with Gasteiger partial charge in [0.25, 0.3) is 0 Å². The Morgan fingerprint density at radius 3 is 2.47 bits per heavy atom. The van der Waals surface area contributed by atoms with E-state index in [9.17, 15) is 9.18 Å². The number of aliphatic carboxylic acids is 1. The van der Waals surface area contributed by atoms with E-state index < -0.39 is 17.6 Å². The van der Waals surface area contributed by atoms with Crippen LogP contribution in [0, 0.1) is 0 Å². The van der Waals surface area contributed by atoms with E-state index in [1.165, 1.54) is 21.0 Å². The van der Waals surface area contributed by atoms with Gasteiger partial charge in [-0.05, 0) is 38.5 Å². The van der Waals surface area contributed by atoms with Crippen LogP contribution < -0.4 is 4.74 Å². The van der Waals surface area contributed by atoms with Gasteiger partial charge in [0.2, 0.25) is 0 Å². The first-order valence-corrected chi connectivity index (χ1v) is 5.37. The Labute approximate surface area is 100 Å². The van der Waals surface area contributed by atoms with E-state index >= 15 is 0 Å². The molecule has 1 aromatic rings. The lowest BCUT2D eigenvalue weighted by Gasteiger charge is -2.19. The molecule has 1 N–H and O–H groups in total. The number of carboxylic acid groups (broad SMARTS) is 1. The van der Waals surface area contributed by atoms with Gasteiger partial charge in [-0.15, -0.1) is 0 Å². The van der Waals surface area contributed by atoms with Crippen LogP contribution in [0.25, 0.3) is 0 Å². The average Bonchev–Trinajstić information content (AvgIpc) is 2.25. The smallest absolute Gasteiger partial charge is 0.310 e. The normalized spacial score (nSPS) is 13.2. The standard InChI is InChI=1S/C13H17FO3/c1-8(12(15)16)10-7-9(13(2,3)14)5-6-11(10)17-4/h5-8H,1-4H3,(H,15,16). The first-order valence-electron chi connectivity index (χ1n) is 5.37. The fraction of sp³-hybridized carbons (Fsp3) is 0.462. The van der Waals surface area contributed by atoms with Crippen LogP contribution >= 0.6 is 0 Å². The predicted molar refractivity (Wildman–Crippen MR) is 63.2 cm³/mol. The van der Waals surface area contributed by atoms with Gasteiger partial charge in [0.05, 0.1) is 13.0 Å². The van der Waals surface area contributed by atoms with Crippen molar-refractivity contribution >= 4 is 5.97 Å². The second-order valence-electron chi connectivity index (χ2n) is 4.49. The van der Waals surface area contributed by atoms with Gasteiger partial charge < -0.3 is 9.84 Å². The summed E-state index contributed by atoms with van der Waals surface area (Å²) in [5, 5.41) is 9.00. The van der Waals surface area contributed by atoms with Crippen LogP contribution in [0.15, 0.2) is 18.2 Å². The van der Waals surface area contributed by atoms with Gasteiger partial charge in [-0.1, -0.05) is 6.07 Å². The van der Waals surface area contributed by atoms with Crippen molar-refractivity contribution in [3.05, 3.63) is 29.3 Å². The predicted octanol–water partition coefficient (Wildman–Crippen LogP) is 3.09. The van der Waals surface area contributed by atoms with Gasteiger partial charge in [0.15, 0.2) is 0 Å². The molecule has 4 heteroatoms. The minimum Gasteiger partial charge on any atom is -0.496 e. The number of benzene rings is 1. The molecule has 0 heterocycles. The van der Waals surface area contributed by atoms with Crippen molar-refractivity contribution < 1.29 is 19.0 Å². The first-order chi connectivity index (χ1) is 7.77. The topological polar surface area (TPSA) is 46.5 Å². The van der Waals surface area contributed by atoms with Gasteiger partial charge in [-0.3, -0.25) is 4.79 Å². The molecule has 0 bridgehead atoms. The molecule has 0 aliphatic heterocycles. The number of ether oxygens (including phenoxy) is 1. The molecule has 0 saturated carbocycles. The third-order valence-electron chi connectivity index (χ3n) is 2.75. The lowest BCUT2D eigenvalue weighted by molar-refractivity contribution is -0.138. The van der Waals surface area contributed by atoms with E-state index in [-0.39, 0.29) is 0 Å². The Bertz CT molecular complexity index is 421. The van der Waals surface area contributed by atoms with Gasteiger partial charge in [-0.2, -0.15) is 0 Å². The summed E-state index contributed by atoms with van der Waals surface area (Å²) in [6, 6.07) is 4.76. The highest BCUT2D eigenvalue weighted by Gasteiger charge is 2.24. The quantitative estimate of drug-likeness (QED) is 0.879. The van der Waals surface area contributed by atoms with E-state index in [1.54, 1.807) is 25.1 Å². The average molecular weight is 240 g/mol. The molecule has 1 unspecified atom stereocenters. The molecular formula is C13H17FO3. The van der Waals surface area contributed by atoms with E-state index in [2.05, 4.69) is 0 Å². The third kappa shape index (κ3) is 2.96. The van der Waals surface area contributed by atoms with Crippen molar-refractivity contribution in [2.45, 2.75) is 32.4 Å². The second-order valence-corrected chi connectivity index (χ2v) is 4.49. The Balaban J connectivity index is 3.29. The maximum absolute atomic E-state index is 13.8. The molecule has 3 nitrogen and oxygen atoms in total. The monoisotopic (exact) mass is 240 g/mol. The number of rotatable bonds is 4. The van der Waals surface area contributed by atoms with E-state index in [1.807, 2.05) is 0 Å². The van der Waals surface area contributed by atoms with Gasteiger partial charge in [-0.25, -0.2) is 4.39 Å². The highest BCUT2D eigenvalue weighted by atomic mass is 19.1. The summed E-state index contributed by atoms with van der Waals surface area (Å²) in [6.07, 6.45) is 0. The molecule has 0 aromatic heterocycles. The summed E-state index contributed by atoms with van der Waals surface area (Å²) < 4.78 is 18.9. The minimum absolute atomic E-state index is 0.446. The Kier molecular flexibility index (Phi) is 3.76. The second kappa shape index (κ2) is 4.73. The van der Waals surface area contributed by atoms with Crippen LogP contribution in [0.3, 0.4) is 0 Å². The molecule has 0 radical (unpaired) electrons. The minimum atomic E-state index is -1.50. The van der Waals surface area contributed by atoms with E-state index in [0.29, 0.717) is 16.9 Å². The van der Waals surface area contributed by atoms with Crippen LogP contribution in [-0.4, -0.2) is 18.2 Å². The third-order valence-corrected chi connectivity index (χ3v) is 2.75. The van der Waals surface area contributed by atoms with Crippen molar-refractivity contribution in [1.29, 1.82) is 0 Å². The van der Waals surface area contributed by atoms with Crippen molar-refractivity contribution in [3.63, 3.8) is 0 Å². The zero-order valence-corrected chi connectivity index (χ0v) is 10.5. The highest BCUT2D eigenvalue weighted by molar-refractivity contribution is 5.76. The Morgan fingerprint density at radius 2 is 2.06 bits per heavy atom. The van der Waals surface area contributed by atoms with Crippen LogP contribution in [0.4, 0.5) is 4.39 Å². The summed E-state index contributed by atoms with van der Waals surface area (Å²) in [7, 11) is 1.47. The zero-order chi connectivity index (χ0) is 13.2. The van der Waals surface area contributed by atoms with E-state index in [0.717, 1.165) is 0 Å². The van der Waals surface area contributed by atoms with Gasteiger partial charge >= 0.3 is 5.97 Å². The first kappa shape index (κ1) is 13.5. The largest absolute Gasteiger partial charge is 0.496 e. The van der Waals surface area contributed by atoms with Crippen LogP contribution in [0.5, 0.6) is 5.75 Å². The van der Waals surface area contributed by atoms with Crippen molar-refractivity contribution in [2.75, 3.05) is 7.11 Å². The van der Waals surface area contributed by atoms with Gasteiger partial charge in [0.1, 0.15) is 11.4 Å². The highest BCUT2D eigenvalue weighted by Crippen LogP contribution is 2.33.